The normalized spacial score (nSPS) is 11.2. The highest BCUT2D eigenvalue weighted by Gasteiger charge is 2.32. The fraction of sp³-hybridized carbons (Fsp3) is 0.167. The Kier molecular flexibility index (Phi) is 2.07. The van der Waals surface area contributed by atoms with Crippen molar-refractivity contribution in [3.05, 3.63) is 18.3 Å². The zero-order valence-electron chi connectivity index (χ0n) is 5.80. The molecule has 1 heterocycles. The molecular weight excluding hydrogens is 173 g/mol. The van der Waals surface area contributed by atoms with Gasteiger partial charge >= 0.3 is 6.36 Å². The Morgan fingerprint density at radius 3 is 2.58 bits per heavy atom. The fourth-order valence-electron chi connectivity index (χ4n) is 0.598. The number of nitrogens with two attached hydrogens (primary N) is 1. The lowest BCUT2D eigenvalue weighted by Crippen LogP contribution is -2.18. The summed E-state index contributed by atoms with van der Waals surface area (Å²) in [6.45, 7) is 0. The predicted molar refractivity (Wildman–Crippen MR) is 35.3 cm³/mol. The minimum atomic E-state index is -4.75. The molecule has 12 heavy (non-hydrogen) atoms. The molecule has 3 nitrogen and oxygen atoms in total. The summed E-state index contributed by atoms with van der Waals surface area (Å²) >= 11 is 0. The van der Waals surface area contributed by atoms with Crippen LogP contribution in [0.2, 0.25) is 0 Å². The SMILES string of the molecule is Nc1cccnc1OC(F)(F)F. The summed E-state index contributed by atoms with van der Waals surface area (Å²) in [6, 6.07) is 2.69. The fourth-order valence-corrected chi connectivity index (χ4v) is 0.598. The number of pyridine rings is 1. The monoisotopic (exact) mass is 178 g/mol. The van der Waals surface area contributed by atoms with E-state index < -0.39 is 12.2 Å². The van der Waals surface area contributed by atoms with Gasteiger partial charge in [0.15, 0.2) is 0 Å². The molecule has 6 heteroatoms. The molecule has 0 aliphatic rings. The molecule has 0 fully saturated rings. The van der Waals surface area contributed by atoms with Gasteiger partial charge in [-0.2, -0.15) is 0 Å². The molecule has 0 aliphatic heterocycles. The number of rotatable bonds is 1. The summed E-state index contributed by atoms with van der Waals surface area (Å²) in [4.78, 5) is 3.30. The first-order valence-corrected chi connectivity index (χ1v) is 2.95. The van der Waals surface area contributed by atoms with Crippen LogP contribution in [0.3, 0.4) is 0 Å². The van der Waals surface area contributed by atoms with Gasteiger partial charge in [0.25, 0.3) is 0 Å². The number of anilines is 1. The highest BCUT2D eigenvalue weighted by atomic mass is 19.4. The van der Waals surface area contributed by atoms with E-state index in [1.807, 2.05) is 0 Å². The van der Waals surface area contributed by atoms with Crippen molar-refractivity contribution in [3.8, 4) is 5.88 Å². The van der Waals surface area contributed by atoms with Crippen molar-refractivity contribution in [1.29, 1.82) is 0 Å². The van der Waals surface area contributed by atoms with Gasteiger partial charge in [0.1, 0.15) is 0 Å². The standard InChI is InChI=1S/C6H5F3N2O/c7-6(8,9)12-5-4(10)2-1-3-11-5/h1-3H,10H2. The van der Waals surface area contributed by atoms with Gasteiger partial charge in [-0.1, -0.05) is 0 Å². The summed E-state index contributed by atoms with van der Waals surface area (Å²) in [7, 11) is 0. The quantitative estimate of drug-likeness (QED) is 0.709. The van der Waals surface area contributed by atoms with Gasteiger partial charge < -0.3 is 10.5 Å². The molecule has 1 aromatic rings. The average molecular weight is 178 g/mol. The summed E-state index contributed by atoms with van der Waals surface area (Å²) in [6.07, 6.45) is -3.58. The molecule has 0 bridgehead atoms. The van der Waals surface area contributed by atoms with Crippen LogP contribution in [-0.2, 0) is 0 Å². The first kappa shape index (κ1) is 8.63. The summed E-state index contributed by atoms with van der Waals surface area (Å²) in [5, 5.41) is 0. The number of hydrogen-bond donors (Lipinski definition) is 1. The van der Waals surface area contributed by atoms with Gasteiger partial charge in [0.2, 0.25) is 5.88 Å². The number of ether oxygens (including phenoxy) is 1. The maximum atomic E-state index is 11.6. The molecular formula is C6H5F3N2O. The second kappa shape index (κ2) is 2.88. The lowest BCUT2D eigenvalue weighted by atomic mass is 10.4. The molecule has 1 aromatic heterocycles. The number of nitrogens with zero attached hydrogens (tertiary/aromatic N) is 1. The smallest absolute Gasteiger partial charge is 0.394 e. The van der Waals surface area contributed by atoms with Crippen LogP contribution in [0, 0.1) is 0 Å². The molecule has 66 valence electrons. The van der Waals surface area contributed by atoms with Crippen molar-refractivity contribution in [3.63, 3.8) is 0 Å². The van der Waals surface area contributed by atoms with Gasteiger partial charge in [-0.05, 0) is 12.1 Å². The molecule has 0 amide bonds. The van der Waals surface area contributed by atoms with Crippen molar-refractivity contribution in [2.75, 3.05) is 5.73 Å². The number of hydrogen-bond acceptors (Lipinski definition) is 3. The van der Waals surface area contributed by atoms with E-state index in [0.29, 0.717) is 0 Å². The largest absolute Gasteiger partial charge is 0.574 e. The van der Waals surface area contributed by atoms with Gasteiger partial charge in [-0.15, -0.1) is 13.2 Å². The van der Waals surface area contributed by atoms with Crippen LogP contribution < -0.4 is 10.5 Å². The number of alkyl halides is 3. The van der Waals surface area contributed by atoms with Crippen LogP contribution in [0.4, 0.5) is 18.9 Å². The van der Waals surface area contributed by atoms with Gasteiger partial charge in [0, 0.05) is 6.20 Å². The van der Waals surface area contributed by atoms with Crippen molar-refractivity contribution in [1.82, 2.24) is 4.98 Å². The van der Waals surface area contributed by atoms with E-state index in [-0.39, 0.29) is 5.69 Å². The van der Waals surface area contributed by atoms with Gasteiger partial charge in [-0.3, -0.25) is 0 Å². The molecule has 0 saturated heterocycles. The molecule has 0 radical (unpaired) electrons. The third kappa shape index (κ3) is 2.30. The first-order valence-electron chi connectivity index (χ1n) is 2.95. The second-order valence-electron chi connectivity index (χ2n) is 1.95. The van der Waals surface area contributed by atoms with Crippen molar-refractivity contribution in [2.24, 2.45) is 0 Å². The minimum absolute atomic E-state index is 0.144. The maximum absolute atomic E-state index is 11.6. The zero-order chi connectivity index (χ0) is 9.19. The predicted octanol–water partition coefficient (Wildman–Crippen LogP) is 1.56. The molecule has 0 saturated carbocycles. The molecule has 0 unspecified atom stereocenters. The zero-order valence-corrected chi connectivity index (χ0v) is 5.80. The summed E-state index contributed by atoms with van der Waals surface area (Å²) in [5.74, 6) is -0.620. The topological polar surface area (TPSA) is 48.1 Å². The molecule has 2 N–H and O–H groups in total. The third-order valence-electron chi connectivity index (χ3n) is 1.01. The second-order valence-corrected chi connectivity index (χ2v) is 1.95. The Bertz CT molecular complexity index is 274. The highest BCUT2D eigenvalue weighted by Crippen LogP contribution is 2.24. The lowest BCUT2D eigenvalue weighted by Gasteiger charge is -2.08. The molecule has 0 aliphatic carbocycles. The van der Waals surface area contributed by atoms with Crippen LogP contribution >= 0.6 is 0 Å². The summed E-state index contributed by atoms with van der Waals surface area (Å²) < 4.78 is 38.3. The average Bonchev–Trinajstić information content (AvgIpc) is 1.91. The van der Waals surface area contributed by atoms with E-state index >= 15 is 0 Å². The summed E-state index contributed by atoms with van der Waals surface area (Å²) in [5.41, 5.74) is 5.00. The van der Waals surface area contributed by atoms with Gasteiger partial charge in [0.05, 0.1) is 5.69 Å². The van der Waals surface area contributed by atoms with Crippen LogP contribution in [0.5, 0.6) is 5.88 Å². The van der Waals surface area contributed by atoms with Crippen LogP contribution in [0.15, 0.2) is 18.3 Å². The van der Waals surface area contributed by atoms with Crippen molar-refractivity contribution in [2.45, 2.75) is 6.36 Å². The molecule has 0 aromatic carbocycles. The highest BCUT2D eigenvalue weighted by molar-refractivity contribution is 5.46. The Hall–Kier alpha value is -1.46. The third-order valence-corrected chi connectivity index (χ3v) is 1.01. The number of halogens is 3. The van der Waals surface area contributed by atoms with Crippen molar-refractivity contribution >= 4 is 5.69 Å². The Morgan fingerprint density at radius 2 is 2.08 bits per heavy atom. The van der Waals surface area contributed by atoms with Gasteiger partial charge in [-0.25, -0.2) is 4.98 Å². The molecule has 0 atom stereocenters. The van der Waals surface area contributed by atoms with E-state index in [0.717, 1.165) is 6.20 Å². The number of nitrogen functional groups attached to an aromatic ring is 1. The Labute approximate surface area is 66.0 Å². The molecule has 0 spiro atoms. The Morgan fingerprint density at radius 1 is 1.42 bits per heavy atom. The van der Waals surface area contributed by atoms with Crippen molar-refractivity contribution < 1.29 is 17.9 Å². The van der Waals surface area contributed by atoms with E-state index in [1.54, 1.807) is 0 Å². The van der Waals surface area contributed by atoms with Crippen LogP contribution in [-0.4, -0.2) is 11.3 Å². The van der Waals surface area contributed by atoms with Crippen LogP contribution in [0.1, 0.15) is 0 Å². The lowest BCUT2D eigenvalue weighted by molar-refractivity contribution is -0.275. The van der Waals surface area contributed by atoms with Crippen LogP contribution in [0.25, 0.3) is 0 Å². The van der Waals surface area contributed by atoms with E-state index in [4.69, 9.17) is 5.73 Å². The molecule has 1 rings (SSSR count). The van der Waals surface area contributed by atoms with E-state index in [9.17, 15) is 13.2 Å². The first-order chi connectivity index (χ1) is 5.49. The van der Waals surface area contributed by atoms with E-state index in [1.165, 1.54) is 12.1 Å². The maximum Gasteiger partial charge on any atom is 0.574 e. The van der Waals surface area contributed by atoms with E-state index in [2.05, 4.69) is 9.72 Å². The Balaban J connectivity index is 2.83. The number of aromatic nitrogens is 1. The minimum Gasteiger partial charge on any atom is -0.394 e.